The van der Waals surface area contributed by atoms with Crippen molar-refractivity contribution < 1.29 is 0 Å². The van der Waals surface area contributed by atoms with Gasteiger partial charge in [-0.15, -0.1) is 0 Å². The Morgan fingerprint density at radius 2 is 1.82 bits per heavy atom. The number of anilines is 1. The SMILES string of the molecule is c1ccc(N2CCCCC2)c(CNC2CC2)c1. The summed E-state index contributed by atoms with van der Waals surface area (Å²) in [6, 6.07) is 9.70. The van der Waals surface area contributed by atoms with E-state index in [1.54, 1.807) is 0 Å². The minimum absolute atomic E-state index is 0.796. The second kappa shape index (κ2) is 5.09. The highest BCUT2D eigenvalue weighted by Crippen LogP contribution is 2.25. The van der Waals surface area contributed by atoms with Gasteiger partial charge in [0.25, 0.3) is 0 Å². The molecule has 1 aliphatic heterocycles. The van der Waals surface area contributed by atoms with Crippen molar-refractivity contribution in [1.82, 2.24) is 5.32 Å². The maximum atomic E-state index is 3.63. The Hall–Kier alpha value is -1.02. The molecule has 0 radical (unpaired) electrons. The van der Waals surface area contributed by atoms with Crippen LogP contribution in [0.2, 0.25) is 0 Å². The zero-order chi connectivity index (χ0) is 11.5. The molecule has 1 saturated heterocycles. The van der Waals surface area contributed by atoms with Gasteiger partial charge in [-0.05, 0) is 43.7 Å². The predicted molar refractivity (Wildman–Crippen MR) is 72.4 cm³/mol. The summed E-state index contributed by atoms with van der Waals surface area (Å²) in [7, 11) is 0. The summed E-state index contributed by atoms with van der Waals surface area (Å²) in [4.78, 5) is 2.56. The van der Waals surface area contributed by atoms with E-state index in [2.05, 4.69) is 34.5 Å². The molecular formula is C15H22N2. The third-order valence-corrected chi connectivity index (χ3v) is 3.85. The summed E-state index contributed by atoms with van der Waals surface area (Å²) in [5.74, 6) is 0. The van der Waals surface area contributed by atoms with Gasteiger partial charge in [0.1, 0.15) is 0 Å². The highest BCUT2D eigenvalue weighted by atomic mass is 15.1. The van der Waals surface area contributed by atoms with Gasteiger partial charge in [-0.3, -0.25) is 0 Å². The number of hydrogen-bond donors (Lipinski definition) is 1. The largest absolute Gasteiger partial charge is 0.371 e. The van der Waals surface area contributed by atoms with Gasteiger partial charge in [0.05, 0.1) is 0 Å². The lowest BCUT2D eigenvalue weighted by atomic mass is 10.1. The highest BCUT2D eigenvalue weighted by molar-refractivity contribution is 5.53. The van der Waals surface area contributed by atoms with Crippen molar-refractivity contribution >= 4 is 5.69 Å². The Morgan fingerprint density at radius 3 is 2.59 bits per heavy atom. The number of rotatable bonds is 4. The molecule has 1 aromatic rings. The van der Waals surface area contributed by atoms with Crippen LogP contribution in [0.1, 0.15) is 37.7 Å². The molecule has 1 aliphatic carbocycles. The van der Waals surface area contributed by atoms with Crippen LogP contribution in [0.15, 0.2) is 24.3 Å². The summed E-state index contributed by atoms with van der Waals surface area (Å²) < 4.78 is 0. The van der Waals surface area contributed by atoms with Crippen molar-refractivity contribution in [2.45, 2.75) is 44.7 Å². The third kappa shape index (κ3) is 2.81. The van der Waals surface area contributed by atoms with E-state index in [-0.39, 0.29) is 0 Å². The average molecular weight is 230 g/mol. The summed E-state index contributed by atoms with van der Waals surface area (Å²) in [6.45, 7) is 3.51. The third-order valence-electron chi connectivity index (χ3n) is 3.85. The van der Waals surface area contributed by atoms with Gasteiger partial charge in [0, 0.05) is 31.4 Å². The smallest absolute Gasteiger partial charge is 0.0411 e. The van der Waals surface area contributed by atoms with Gasteiger partial charge in [0.15, 0.2) is 0 Å². The molecule has 2 aliphatic rings. The van der Waals surface area contributed by atoms with Gasteiger partial charge in [-0.25, -0.2) is 0 Å². The van der Waals surface area contributed by atoms with E-state index in [1.807, 2.05) is 0 Å². The van der Waals surface area contributed by atoms with Crippen molar-refractivity contribution in [1.29, 1.82) is 0 Å². The fourth-order valence-corrected chi connectivity index (χ4v) is 2.65. The zero-order valence-electron chi connectivity index (χ0n) is 10.5. The Morgan fingerprint density at radius 1 is 1.06 bits per heavy atom. The van der Waals surface area contributed by atoms with Gasteiger partial charge >= 0.3 is 0 Å². The molecule has 1 heterocycles. The lowest BCUT2D eigenvalue weighted by Crippen LogP contribution is -2.31. The quantitative estimate of drug-likeness (QED) is 0.855. The summed E-state index contributed by atoms with van der Waals surface area (Å²) in [6.07, 6.45) is 6.84. The van der Waals surface area contributed by atoms with Gasteiger partial charge in [0.2, 0.25) is 0 Å². The van der Waals surface area contributed by atoms with Gasteiger partial charge < -0.3 is 10.2 Å². The predicted octanol–water partition coefficient (Wildman–Crippen LogP) is 2.93. The number of hydrogen-bond acceptors (Lipinski definition) is 2. The lowest BCUT2D eigenvalue weighted by molar-refractivity contribution is 0.574. The average Bonchev–Trinajstić information content (AvgIpc) is 3.22. The van der Waals surface area contributed by atoms with Crippen molar-refractivity contribution in [2.24, 2.45) is 0 Å². The summed E-state index contributed by atoms with van der Waals surface area (Å²) in [5.41, 5.74) is 2.93. The Bertz CT molecular complexity index is 365. The standard InChI is InChI=1S/C15H22N2/c1-4-10-17(11-5-1)15-7-3-2-6-13(15)12-16-14-8-9-14/h2-3,6-7,14,16H,1,4-5,8-12H2. The molecule has 1 N–H and O–H groups in total. The van der Waals surface area contributed by atoms with Crippen LogP contribution in [0.4, 0.5) is 5.69 Å². The van der Waals surface area contributed by atoms with Crippen LogP contribution in [-0.4, -0.2) is 19.1 Å². The number of para-hydroxylation sites is 1. The van der Waals surface area contributed by atoms with Crippen LogP contribution in [0.5, 0.6) is 0 Å². The molecule has 3 rings (SSSR count). The molecule has 92 valence electrons. The van der Waals surface area contributed by atoms with E-state index in [4.69, 9.17) is 0 Å². The van der Waals surface area contributed by atoms with Crippen molar-refractivity contribution in [3.05, 3.63) is 29.8 Å². The van der Waals surface area contributed by atoms with E-state index >= 15 is 0 Å². The second-order valence-electron chi connectivity index (χ2n) is 5.33. The maximum Gasteiger partial charge on any atom is 0.0411 e. The van der Waals surface area contributed by atoms with E-state index < -0.39 is 0 Å². The van der Waals surface area contributed by atoms with Crippen molar-refractivity contribution in [3.63, 3.8) is 0 Å². The molecule has 0 bridgehead atoms. The number of benzene rings is 1. The normalized spacial score (nSPS) is 20.6. The van der Waals surface area contributed by atoms with Crippen LogP contribution >= 0.6 is 0 Å². The minimum atomic E-state index is 0.796. The van der Waals surface area contributed by atoms with E-state index in [9.17, 15) is 0 Å². The van der Waals surface area contributed by atoms with Gasteiger partial charge in [-0.2, -0.15) is 0 Å². The molecule has 1 saturated carbocycles. The maximum absolute atomic E-state index is 3.63. The van der Waals surface area contributed by atoms with Crippen LogP contribution < -0.4 is 10.2 Å². The van der Waals surface area contributed by atoms with E-state index in [0.29, 0.717) is 0 Å². The highest BCUT2D eigenvalue weighted by Gasteiger charge is 2.21. The van der Waals surface area contributed by atoms with Crippen molar-refractivity contribution in [2.75, 3.05) is 18.0 Å². The van der Waals surface area contributed by atoms with Crippen LogP contribution in [0, 0.1) is 0 Å². The fraction of sp³-hybridized carbons (Fsp3) is 0.600. The first-order valence-corrected chi connectivity index (χ1v) is 7.00. The van der Waals surface area contributed by atoms with Crippen LogP contribution in [0.25, 0.3) is 0 Å². The van der Waals surface area contributed by atoms with Gasteiger partial charge in [-0.1, -0.05) is 18.2 Å². The van der Waals surface area contributed by atoms with Crippen LogP contribution in [0.3, 0.4) is 0 Å². The first-order chi connectivity index (χ1) is 8.43. The first kappa shape index (κ1) is 11.1. The number of piperidine rings is 1. The molecular weight excluding hydrogens is 208 g/mol. The molecule has 0 atom stereocenters. The molecule has 2 fully saturated rings. The van der Waals surface area contributed by atoms with Crippen LogP contribution in [-0.2, 0) is 6.54 Å². The molecule has 0 amide bonds. The molecule has 0 unspecified atom stereocenters. The lowest BCUT2D eigenvalue weighted by Gasteiger charge is -2.30. The molecule has 0 spiro atoms. The monoisotopic (exact) mass is 230 g/mol. The Labute approximate surface area is 104 Å². The molecule has 2 nitrogen and oxygen atoms in total. The number of nitrogens with zero attached hydrogens (tertiary/aromatic N) is 1. The fourth-order valence-electron chi connectivity index (χ4n) is 2.65. The first-order valence-electron chi connectivity index (χ1n) is 7.00. The van der Waals surface area contributed by atoms with E-state index in [0.717, 1.165) is 12.6 Å². The topological polar surface area (TPSA) is 15.3 Å². The summed E-state index contributed by atoms with van der Waals surface area (Å²) in [5, 5.41) is 3.63. The Balaban J connectivity index is 1.71. The molecule has 17 heavy (non-hydrogen) atoms. The minimum Gasteiger partial charge on any atom is -0.371 e. The molecule has 0 aromatic heterocycles. The number of nitrogens with one attached hydrogen (secondary N) is 1. The second-order valence-corrected chi connectivity index (χ2v) is 5.33. The van der Waals surface area contributed by atoms with Crippen molar-refractivity contribution in [3.8, 4) is 0 Å². The Kier molecular flexibility index (Phi) is 3.32. The molecule has 1 aromatic carbocycles. The zero-order valence-corrected chi connectivity index (χ0v) is 10.5. The van der Waals surface area contributed by atoms with E-state index in [1.165, 1.54) is 56.4 Å². The molecule has 2 heteroatoms. The summed E-state index contributed by atoms with van der Waals surface area (Å²) >= 11 is 0.